The molecule has 3 aromatic rings. The number of halogens is 2. The molecule has 3 aromatic carbocycles. The van der Waals surface area contributed by atoms with Gasteiger partial charge in [0.2, 0.25) is 11.8 Å². The molecule has 0 bridgehead atoms. The number of aryl methyl sites for hydroxylation is 1. The van der Waals surface area contributed by atoms with Crippen molar-refractivity contribution in [2.24, 2.45) is 0 Å². The van der Waals surface area contributed by atoms with Crippen LogP contribution in [0.2, 0.25) is 5.02 Å². The van der Waals surface area contributed by atoms with Gasteiger partial charge in [-0.15, -0.1) is 0 Å². The largest absolute Gasteiger partial charge is 0.352 e. The third kappa shape index (κ3) is 7.42. The zero-order valence-corrected chi connectivity index (χ0v) is 20.3. The Bertz CT molecular complexity index is 1090. The molecule has 0 unspecified atom stereocenters. The van der Waals surface area contributed by atoms with Gasteiger partial charge in [0.05, 0.1) is 0 Å². The SMILES string of the molecule is CC(C)NC(=O)[C@@H](Cc1ccccc1)N(Cc1ccc(F)cc1)C(=O)CCc1ccccc1Cl. The lowest BCUT2D eigenvalue weighted by atomic mass is 10.0. The van der Waals surface area contributed by atoms with E-state index in [1.54, 1.807) is 23.1 Å². The minimum Gasteiger partial charge on any atom is -0.352 e. The van der Waals surface area contributed by atoms with E-state index in [2.05, 4.69) is 5.32 Å². The van der Waals surface area contributed by atoms with Crippen molar-refractivity contribution in [3.8, 4) is 0 Å². The van der Waals surface area contributed by atoms with Gasteiger partial charge >= 0.3 is 0 Å². The highest BCUT2D eigenvalue weighted by Crippen LogP contribution is 2.20. The fraction of sp³-hybridized carbons (Fsp3) is 0.286. The first kappa shape index (κ1) is 25.4. The molecule has 34 heavy (non-hydrogen) atoms. The van der Waals surface area contributed by atoms with Crippen LogP contribution in [0.5, 0.6) is 0 Å². The molecular weight excluding hydrogens is 451 g/mol. The van der Waals surface area contributed by atoms with Crippen molar-refractivity contribution in [2.75, 3.05) is 0 Å². The van der Waals surface area contributed by atoms with Crippen LogP contribution in [0.25, 0.3) is 0 Å². The van der Waals surface area contributed by atoms with Gasteiger partial charge in [0.15, 0.2) is 0 Å². The Morgan fingerprint density at radius 1 is 0.912 bits per heavy atom. The summed E-state index contributed by atoms with van der Waals surface area (Å²) in [4.78, 5) is 28.4. The summed E-state index contributed by atoms with van der Waals surface area (Å²) in [7, 11) is 0. The maximum atomic E-state index is 13.5. The maximum absolute atomic E-state index is 13.5. The van der Waals surface area contributed by atoms with E-state index in [9.17, 15) is 14.0 Å². The molecule has 1 N–H and O–H groups in total. The molecule has 0 aromatic heterocycles. The number of carbonyl (C=O) groups is 2. The van der Waals surface area contributed by atoms with Gasteiger partial charge in [-0.2, -0.15) is 0 Å². The maximum Gasteiger partial charge on any atom is 0.243 e. The van der Waals surface area contributed by atoms with E-state index in [4.69, 9.17) is 11.6 Å². The van der Waals surface area contributed by atoms with Crippen LogP contribution in [0.3, 0.4) is 0 Å². The lowest BCUT2D eigenvalue weighted by Crippen LogP contribution is -2.51. The highest BCUT2D eigenvalue weighted by Gasteiger charge is 2.30. The third-order valence-corrected chi connectivity index (χ3v) is 5.90. The summed E-state index contributed by atoms with van der Waals surface area (Å²) in [5.74, 6) is -0.727. The van der Waals surface area contributed by atoms with Crippen LogP contribution in [0.1, 0.15) is 37.0 Å². The van der Waals surface area contributed by atoms with Crippen LogP contribution in [0.15, 0.2) is 78.9 Å². The molecule has 178 valence electrons. The van der Waals surface area contributed by atoms with Crippen LogP contribution in [-0.2, 0) is 29.0 Å². The topological polar surface area (TPSA) is 49.4 Å². The molecule has 2 amide bonds. The van der Waals surface area contributed by atoms with Crippen LogP contribution in [-0.4, -0.2) is 28.8 Å². The van der Waals surface area contributed by atoms with Gasteiger partial charge in [0.1, 0.15) is 11.9 Å². The summed E-state index contributed by atoms with van der Waals surface area (Å²) in [6, 6.07) is 22.3. The van der Waals surface area contributed by atoms with Crippen LogP contribution < -0.4 is 5.32 Å². The van der Waals surface area contributed by atoms with E-state index in [-0.39, 0.29) is 36.6 Å². The summed E-state index contributed by atoms with van der Waals surface area (Å²) in [5, 5.41) is 3.57. The molecular formula is C28H30ClFN2O2. The number of hydrogen-bond acceptors (Lipinski definition) is 2. The third-order valence-electron chi connectivity index (χ3n) is 5.53. The molecule has 3 rings (SSSR count). The van der Waals surface area contributed by atoms with Crippen molar-refractivity contribution in [2.45, 2.75) is 51.7 Å². The smallest absolute Gasteiger partial charge is 0.243 e. The number of carbonyl (C=O) groups excluding carboxylic acids is 2. The number of nitrogens with zero attached hydrogens (tertiary/aromatic N) is 1. The Labute approximate surface area is 205 Å². The number of hydrogen-bond donors (Lipinski definition) is 1. The minimum atomic E-state index is -0.714. The minimum absolute atomic E-state index is 0.0725. The van der Waals surface area contributed by atoms with E-state index in [0.717, 1.165) is 16.7 Å². The molecule has 0 aliphatic rings. The van der Waals surface area contributed by atoms with Crippen LogP contribution >= 0.6 is 11.6 Å². The van der Waals surface area contributed by atoms with E-state index in [1.807, 2.05) is 62.4 Å². The predicted octanol–water partition coefficient (Wildman–Crippen LogP) is 5.58. The fourth-order valence-corrected chi connectivity index (χ4v) is 4.04. The highest BCUT2D eigenvalue weighted by atomic mass is 35.5. The van der Waals surface area contributed by atoms with E-state index >= 15 is 0 Å². The Morgan fingerprint density at radius 3 is 2.21 bits per heavy atom. The number of benzene rings is 3. The predicted molar refractivity (Wildman–Crippen MR) is 134 cm³/mol. The van der Waals surface area contributed by atoms with Gasteiger partial charge in [-0.3, -0.25) is 9.59 Å². The molecule has 4 nitrogen and oxygen atoms in total. The van der Waals surface area contributed by atoms with Crippen molar-refractivity contribution < 1.29 is 14.0 Å². The molecule has 0 saturated heterocycles. The second kappa shape index (κ2) is 12.3. The Balaban J connectivity index is 1.91. The highest BCUT2D eigenvalue weighted by molar-refractivity contribution is 6.31. The van der Waals surface area contributed by atoms with Crippen LogP contribution in [0, 0.1) is 5.82 Å². The first-order valence-electron chi connectivity index (χ1n) is 11.4. The van der Waals surface area contributed by atoms with Gasteiger partial charge in [-0.1, -0.05) is 72.3 Å². The van der Waals surface area contributed by atoms with E-state index < -0.39 is 6.04 Å². The Morgan fingerprint density at radius 2 is 1.56 bits per heavy atom. The zero-order valence-electron chi connectivity index (χ0n) is 19.5. The summed E-state index contributed by atoms with van der Waals surface area (Å²) in [6.07, 6.45) is 1.03. The van der Waals surface area contributed by atoms with Crippen molar-refractivity contribution in [3.63, 3.8) is 0 Å². The number of amides is 2. The fourth-order valence-electron chi connectivity index (χ4n) is 3.81. The first-order chi connectivity index (χ1) is 16.3. The van der Waals surface area contributed by atoms with Gasteiger partial charge in [0, 0.05) is 30.5 Å². The summed E-state index contributed by atoms with van der Waals surface area (Å²) in [5.41, 5.74) is 2.59. The monoisotopic (exact) mass is 480 g/mol. The van der Waals surface area contributed by atoms with Crippen molar-refractivity contribution in [3.05, 3.63) is 106 Å². The first-order valence-corrected chi connectivity index (χ1v) is 11.8. The number of rotatable bonds is 10. The average Bonchev–Trinajstić information content (AvgIpc) is 2.82. The molecule has 1 atom stereocenters. The molecule has 0 aliphatic heterocycles. The molecule has 0 saturated carbocycles. The average molecular weight is 481 g/mol. The quantitative estimate of drug-likeness (QED) is 0.412. The summed E-state index contributed by atoms with van der Waals surface area (Å²) in [6.45, 7) is 3.98. The molecule has 0 spiro atoms. The summed E-state index contributed by atoms with van der Waals surface area (Å²) < 4.78 is 13.5. The van der Waals surface area contributed by atoms with Gasteiger partial charge in [-0.05, 0) is 55.2 Å². The zero-order chi connectivity index (χ0) is 24.5. The van der Waals surface area contributed by atoms with Crippen molar-refractivity contribution in [1.82, 2.24) is 10.2 Å². The molecule has 0 heterocycles. The van der Waals surface area contributed by atoms with Gasteiger partial charge in [-0.25, -0.2) is 4.39 Å². The second-order valence-corrected chi connectivity index (χ2v) is 9.02. The normalized spacial score (nSPS) is 11.8. The number of nitrogens with one attached hydrogen (secondary N) is 1. The van der Waals surface area contributed by atoms with Crippen molar-refractivity contribution >= 4 is 23.4 Å². The second-order valence-electron chi connectivity index (χ2n) is 8.61. The molecule has 0 fully saturated rings. The Kier molecular flexibility index (Phi) is 9.23. The standard InChI is InChI=1S/C28H30ClFN2O2/c1-20(2)31-28(34)26(18-21-8-4-3-5-9-21)32(19-22-12-15-24(30)16-13-22)27(33)17-14-23-10-6-7-11-25(23)29/h3-13,15-16,20,26H,14,17-19H2,1-2H3,(H,31,34)/t26-/m1/s1. The molecule has 0 aliphatic carbocycles. The van der Waals surface area contributed by atoms with Crippen LogP contribution in [0.4, 0.5) is 4.39 Å². The lowest BCUT2D eigenvalue weighted by molar-refractivity contribution is -0.141. The van der Waals surface area contributed by atoms with Gasteiger partial charge < -0.3 is 10.2 Å². The lowest BCUT2D eigenvalue weighted by Gasteiger charge is -2.32. The van der Waals surface area contributed by atoms with Crippen molar-refractivity contribution in [1.29, 1.82) is 0 Å². The molecule has 6 heteroatoms. The van der Waals surface area contributed by atoms with E-state index in [1.165, 1.54) is 12.1 Å². The Hall–Kier alpha value is -3.18. The van der Waals surface area contributed by atoms with Gasteiger partial charge in [0.25, 0.3) is 0 Å². The molecule has 0 radical (unpaired) electrons. The summed E-state index contributed by atoms with van der Waals surface area (Å²) >= 11 is 6.28. The van der Waals surface area contributed by atoms with E-state index in [0.29, 0.717) is 17.9 Å².